The van der Waals surface area contributed by atoms with Gasteiger partial charge in [-0.15, -0.1) is 0 Å². The van der Waals surface area contributed by atoms with Crippen LogP contribution in [0.15, 0.2) is 35.1 Å². The third-order valence-electron chi connectivity index (χ3n) is 5.01. The van der Waals surface area contributed by atoms with E-state index in [2.05, 4.69) is 25.8 Å². The van der Waals surface area contributed by atoms with Crippen molar-refractivity contribution in [3.63, 3.8) is 0 Å². The normalized spacial score (nSPS) is 12.3. The predicted octanol–water partition coefficient (Wildman–Crippen LogP) is 4.48. The van der Waals surface area contributed by atoms with Crippen molar-refractivity contribution in [2.75, 3.05) is 23.8 Å². The first-order valence-corrected chi connectivity index (χ1v) is 10.7. The number of carbonyl (C=O) groups excluding carboxylic acids is 2. The summed E-state index contributed by atoms with van der Waals surface area (Å²) in [6, 6.07) is 4.74. The lowest BCUT2D eigenvalue weighted by molar-refractivity contribution is -0.138. The number of aromatic nitrogens is 3. The zero-order valence-corrected chi connectivity index (χ0v) is 19.4. The van der Waals surface area contributed by atoms with Gasteiger partial charge in [0.05, 0.1) is 17.9 Å². The number of amides is 1. The van der Waals surface area contributed by atoms with E-state index in [1.54, 1.807) is 6.92 Å². The van der Waals surface area contributed by atoms with Gasteiger partial charge < -0.3 is 20.3 Å². The fraction of sp³-hybridized carbons (Fsp3) is 0.318. The molecule has 1 amide bonds. The Hall–Kier alpha value is -3.51. The minimum Gasteiger partial charge on any atom is -0.395 e. The van der Waals surface area contributed by atoms with Crippen molar-refractivity contribution in [2.45, 2.75) is 32.4 Å². The molecule has 3 N–H and O–H groups in total. The summed E-state index contributed by atoms with van der Waals surface area (Å²) in [4.78, 5) is 33.0. The molecule has 3 aromatic rings. The molecular formula is C22H21ClF3N5O4. The van der Waals surface area contributed by atoms with Crippen molar-refractivity contribution in [1.29, 1.82) is 0 Å². The SMILES string of the molecule is Cc1ccc(NC(=O)c2cc([C@@H](C)CC(=O)c3ncnc(NCCO)c3Cl)no2)cc1C(F)(F)F. The summed E-state index contributed by atoms with van der Waals surface area (Å²) in [6.45, 7) is 3.02. The molecule has 1 atom stereocenters. The molecule has 2 heterocycles. The van der Waals surface area contributed by atoms with Gasteiger partial charge in [0.1, 0.15) is 22.9 Å². The van der Waals surface area contributed by atoms with Crippen LogP contribution < -0.4 is 10.6 Å². The minimum atomic E-state index is -4.56. The van der Waals surface area contributed by atoms with Crippen molar-refractivity contribution >= 4 is 34.8 Å². The number of aliphatic hydroxyl groups excluding tert-OH is 1. The Bertz CT molecular complexity index is 1230. The number of halogens is 4. The van der Waals surface area contributed by atoms with Crippen LogP contribution in [0.25, 0.3) is 0 Å². The number of anilines is 2. The molecule has 0 saturated carbocycles. The molecule has 13 heteroatoms. The fourth-order valence-corrected chi connectivity index (χ4v) is 3.44. The lowest BCUT2D eigenvalue weighted by atomic mass is 9.99. The zero-order chi connectivity index (χ0) is 25.8. The number of hydrogen-bond acceptors (Lipinski definition) is 8. The average molecular weight is 512 g/mol. The first-order valence-electron chi connectivity index (χ1n) is 10.4. The van der Waals surface area contributed by atoms with Crippen molar-refractivity contribution in [2.24, 2.45) is 0 Å². The van der Waals surface area contributed by atoms with Gasteiger partial charge in [-0.05, 0) is 24.6 Å². The highest BCUT2D eigenvalue weighted by molar-refractivity contribution is 6.35. The van der Waals surface area contributed by atoms with Gasteiger partial charge in [0.15, 0.2) is 5.78 Å². The van der Waals surface area contributed by atoms with Crippen LogP contribution in [0.5, 0.6) is 0 Å². The molecule has 0 saturated heterocycles. The van der Waals surface area contributed by atoms with Crippen LogP contribution in [0.2, 0.25) is 5.02 Å². The van der Waals surface area contributed by atoms with Gasteiger partial charge in [0.25, 0.3) is 5.91 Å². The number of nitrogens with one attached hydrogen (secondary N) is 2. The molecule has 3 rings (SSSR count). The van der Waals surface area contributed by atoms with Crippen molar-refractivity contribution in [3.05, 3.63) is 63.9 Å². The second kappa shape index (κ2) is 10.8. The van der Waals surface area contributed by atoms with Gasteiger partial charge in [-0.1, -0.05) is 29.7 Å². The minimum absolute atomic E-state index is 0.00898. The topological polar surface area (TPSA) is 130 Å². The maximum absolute atomic E-state index is 13.1. The van der Waals surface area contributed by atoms with Crippen LogP contribution >= 0.6 is 11.6 Å². The van der Waals surface area contributed by atoms with E-state index in [0.29, 0.717) is 0 Å². The number of nitrogens with zero attached hydrogens (tertiary/aromatic N) is 3. The van der Waals surface area contributed by atoms with E-state index < -0.39 is 29.3 Å². The van der Waals surface area contributed by atoms with Gasteiger partial charge in [-0.3, -0.25) is 9.59 Å². The predicted molar refractivity (Wildman–Crippen MR) is 121 cm³/mol. The Labute approximate surface area is 202 Å². The summed E-state index contributed by atoms with van der Waals surface area (Å²) in [5.74, 6) is -1.73. The third-order valence-corrected chi connectivity index (χ3v) is 5.37. The number of carbonyl (C=O) groups is 2. The first-order chi connectivity index (χ1) is 16.5. The maximum atomic E-state index is 13.1. The van der Waals surface area contributed by atoms with Crippen LogP contribution in [0.3, 0.4) is 0 Å². The molecule has 0 radical (unpaired) electrons. The molecule has 0 fully saturated rings. The second-order valence-corrected chi connectivity index (χ2v) is 8.04. The highest BCUT2D eigenvalue weighted by atomic mass is 35.5. The van der Waals surface area contributed by atoms with Gasteiger partial charge in [0.2, 0.25) is 5.76 Å². The Morgan fingerprint density at radius 1 is 1.23 bits per heavy atom. The number of ketones is 1. The molecule has 186 valence electrons. The number of aryl methyl sites for hydroxylation is 1. The quantitative estimate of drug-likeness (QED) is 0.358. The molecule has 0 unspecified atom stereocenters. The Kier molecular flexibility index (Phi) is 8.07. The van der Waals surface area contributed by atoms with Gasteiger partial charge in [-0.25, -0.2) is 9.97 Å². The molecule has 0 aliphatic heterocycles. The lowest BCUT2D eigenvalue weighted by Crippen LogP contribution is -2.13. The van der Waals surface area contributed by atoms with Gasteiger partial charge in [-0.2, -0.15) is 13.2 Å². The second-order valence-electron chi connectivity index (χ2n) is 7.66. The molecule has 0 bridgehead atoms. The summed E-state index contributed by atoms with van der Waals surface area (Å²) in [7, 11) is 0. The molecule has 1 aromatic carbocycles. The van der Waals surface area contributed by atoms with Crippen molar-refractivity contribution < 1.29 is 32.4 Å². The standard InChI is InChI=1S/C22H21ClF3N5O4/c1-11-3-4-13(8-14(11)22(24,25)26)30-21(34)17-9-15(31-35-17)12(2)7-16(33)19-18(23)20(27-5-6-32)29-10-28-19/h3-4,8-10,12,32H,5-7H2,1-2H3,(H,30,34)(H,27,28,29)/t12-/m0/s1. The molecular weight excluding hydrogens is 491 g/mol. The highest BCUT2D eigenvalue weighted by Crippen LogP contribution is 2.33. The summed E-state index contributed by atoms with van der Waals surface area (Å²) in [6.07, 6.45) is -3.47. The summed E-state index contributed by atoms with van der Waals surface area (Å²) in [5.41, 5.74) is -0.629. The van der Waals surface area contributed by atoms with Crippen LogP contribution in [-0.2, 0) is 6.18 Å². The van der Waals surface area contributed by atoms with E-state index in [9.17, 15) is 22.8 Å². The maximum Gasteiger partial charge on any atom is 0.416 e. The van der Waals surface area contributed by atoms with E-state index in [-0.39, 0.29) is 58.8 Å². The smallest absolute Gasteiger partial charge is 0.395 e. The first kappa shape index (κ1) is 26.1. The van der Waals surface area contributed by atoms with Gasteiger partial charge >= 0.3 is 6.18 Å². The Balaban J connectivity index is 1.69. The molecule has 0 aliphatic carbocycles. The van der Waals surface area contributed by atoms with Crippen LogP contribution in [0.1, 0.15) is 57.1 Å². The molecule has 9 nitrogen and oxygen atoms in total. The number of aliphatic hydroxyl groups is 1. The van der Waals surface area contributed by atoms with Crippen molar-refractivity contribution in [1.82, 2.24) is 15.1 Å². The number of rotatable bonds is 9. The lowest BCUT2D eigenvalue weighted by Gasteiger charge is -2.12. The van der Waals surface area contributed by atoms with E-state index in [0.717, 1.165) is 12.4 Å². The number of Topliss-reactive ketones (excluding diaryl/α,β-unsaturated/α-hetero) is 1. The highest BCUT2D eigenvalue weighted by Gasteiger charge is 2.32. The van der Waals surface area contributed by atoms with E-state index in [4.69, 9.17) is 21.2 Å². The molecule has 0 spiro atoms. The number of benzene rings is 1. The Morgan fingerprint density at radius 2 is 1.97 bits per heavy atom. The van der Waals surface area contributed by atoms with Crippen LogP contribution in [0, 0.1) is 6.92 Å². The average Bonchev–Trinajstić information content (AvgIpc) is 3.29. The van der Waals surface area contributed by atoms with Crippen LogP contribution in [0.4, 0.5) is 24.7 Å². The van der Waals surface area contributed by atoms with Gasteiger partial charge in [0, 0.05) is 30.6 Å². The Morgan fingerprint density at radius 3 is 2.66 bits per heavy atom. The summed E-state index contributed by atoms with van der Waals surface area (Å²) in [5, 5.41) is 17.8. The summed E-state index contributed by atoms with van der Waals surface area (Å²) < 4.78 is 44.4. The van der Waals surface area contributed by atoms with Crippen molar-refractivity contribution in [3.8, 4) is 0 Å². The van der Waals surface area contributed by atoms with Crippen LogP contribution in [-0.4, -0.2) is 45.1 Å². The molecule has 2 aromatic heterocycles. The van der Waals surface area contributed by atoms with E-state index in [1.807, 2.05) is 0 Å². The monoisotopic (exact) mass is 511 g/mol. The molecule has 0 aliphatic rings. The summed E-state index contributed by atoms with van der Waals surface area (Å²) >= 11 is 6.19. The van der Waals surface area contributed by atoms with E-state index >= 15 is 0 Å². The fourth-order valence-electron chi connectivity index (χ4n) is 3.17. The largest absolute Gasteiger partial charge is 0.416 e. The molecule has 35 heavy (non-hydrogen) atoms. The zero-order valence-electron chi connectivity index (χ0n) is 18.6. The number of hydrogen-bond donors (Lipinski definition) is 3. The van der Waals surface area contributed by atoms with E-state index in [1.165, 1.54) is 25.1 Å². The third kappa shape index (κ3) is 6.34. The number of alkyl halides is 3.